The van der Waals surface area contributed by atoms with Gasteiger partial charge in [0.05, 0.1) is 26.2 Å². The number of nitrogens with one attached hydrogen (secondary N) is 2. The first-order valence-corrected chi connectivity index (χ1v) is 5.99. The number of benzene rings is 1. The van der Waals surface area contributed by atoms with Crippen molar-refractivity contribution in [2.24, 2.45) is 0 Å². The van der Waals surface area contributed by atoms with Crippen molar-refractivity contribution < 1.29 is 20.1 Å². The first kappa shape index (κ1) is 15.4. The van der Waals surface area contributed by atoms with Crippen LogP contribution in [0.1, 0.15) is 5.56 Å². The predicted molar refractivity (Wildman–Crippen MR) is 71.8 cm³/mol. The van der Waals surface area contributed by atoms with Crippen LogP contribution in [-0.4, -0.2) is 53.6 Å². The average molecular weight is 268 g/mol. The number of hydrogen-bond donors (Lipinski definition) is 5. The molecule has 0 spiro atoms. The molecule has 1 aromatic rings. The lowest BCUT2D eigenvalue weighted by Gasteiger charge is -2.28. The average Bonchev–Trinajstić information content (AvgIpc) is 2.46. The van der Waals surface area contributed by atoms with Crippen LogP contribution in [0.15, 0.2) is 24.3 Å². The Morgan fingerprint density at radius 3 is 2.05 bits per heavy atom. The molecule has 0 radical (unpaired) electrons. The molecular weight excluding hydrogens is 248 g/mol. The van der Waals surface area contributed by atoms with E-state index in [9.17, 15) is 4.79 Å². The maximum absolute atomic E-state index is 11.8. The van der Waals surface area contributed by atoms with Gasteiger partial charge in [-0.15, -0.1) is 0 Å². The lowest BCUT2D eigenvalue weighted by molar-refractivity contribution is -0.124. The van der Waals surface area contributed by atoms with Gasteiger partial charge in [-0.3, -0.25) is 4.79 Å². The second-order valence-corrected chi connectivity index (χ2v) is 4.43. The molecule has 0 saturated carbocycles. The number of carbonyl (C=O) groups is 1. The molecule has 106 valence electrons. The minimum Gasteiger partial charge on any atom is -0.394 e. The highest BCUT2D eigenvalue weighted by atomic mass is 16.3. The number of carbonyl (C=O) groups excluding carboxylic acids is 1. The van der Waals surface area contributed by atoms with Crippen molar-refractivity contribution in [1.29, 1.82) is 0 Å². The Bertz CT molecular complexity index is 393. The number of amides is 1. The fourth-order valence-corrected chi connectivity index (χ4v) is 1.58. The van der Waals surface area contributed by atoms with Gasteiger partial charge in [-0.1, -0.05) is 12.1 Å². The van der Waals surface area contributed by atoms with Gasteiger partial charge in [0.25, 0.3) is 0 Å². The van der Waals surface area contributed by atoms with E-state index in [1.807, 2.05) is 24.3 Å². The zero-order chi connectivity index (χ0) is 14.3. The zero-order valence-corrected chi connectivity index (χ0v) is 10.9. The molecule has 19 heavy (non-hydrogen) atoms. The molecule has 1 amide bonds. The Morgan fingerprint density at radius 1 is 1.11 bits per heavy atom. The normalized spacial score (nSPS) is 11.2. The molecular formula is C13H20N2O4. The minimum absolute atomic E-state index is 0.117. The monoisotopic (exact) mass is 268 g/mol. The van der Waals surface area contributed by atoms with Crippen LogP contribution in [0.5, 0.6) is 0 Å². The molecule has 0 aliphatic rings. The molecule has 5 N–H and O–H groups in total. The van der Waals surface area contributed by atoms with E-state index in [-0.39, 0.29) is 12.3 Å². The van der Waals surface area contributed by atoms with E-state index in [0.717, 1.165) is 11.3 Å². The third kappa shape index (κ3) is 4.20. The summed E-state index contributed by atoms with van der Waals surface area (Å²) < 4.78 is 0. The van der Waals surface area contributed by atoms with Crippen LogP contribution in [0.4, 0.5) is 5.69 Å². The van der Waals surface area contributed by atoms with Crippen LogP contribution in [0.25, 0.3) is 0 Å². The quantitative estimate of drug-likeness (QED) is 0.441. The second kappa shape index (κ2) is 7.08. The Morgan fingerprint density at radius 2 is 1.63 bits per heavy atom. The SMILES string of the molecule is CNc1ccc(CC(=O)NC(CO)(CO)CO)cc1. The third-order valence-electron chi connectivity index (χ3n) is 2.92. The molecule has 0 heterocycles. The maximum Gasteiger partial charge on any atom is 0.225 e. The fraction of sp³-hybridized carbons (Fsp3) is 0.462. The van der Waals surface area contributed by atoms with E-state index >= 15 is 0 Å². The van der Waals surface area contributed by atoms with Gasteiger partial charge in [-0.2, -0.15) is 0 Å². The van der Waals surface area contributed by atoms with Crippen molar-refractivity contribution in [3.05, 3.63) is 29.8 Å². The highest BCUT2D eigenvalue weighted by molar-refractivity contribution is 5.79. The molecule has 6 heteroatoms. The Hall–Kier alpha value is -1.63. The summed E-state index contributed by atoms with van der Waals surface area (Å²) in [5.41, 5.74) is 0.376. The molecule has 1 rings (SSSR count). The predicted octanol–water partition coefficient (Wildman–Crippen LogP) is -0.897. The summed E-state index contributed by atoms with van der Waals surface area (Å²) in [4.78, 5) is 11.8. The van der Waals surface area contributed by atoms with Crippen LogP contribution in [0.2, 0.25) is 0 Å². The molecule has 0 saturated heterocycles. The molecule has 0 unspecified atom stereocenters. The van der Waals surface area contributed by atoms with Gasteiger partial charge in [0.1, 0.15) is 5.54 Å². The largest absolute Gasteiger partial charge is 0.394 e. The zero-order valence-electron chi connectivity index (χ0n) is 10.9. The first-order valence-electron chi connectivity index (χ1n) is 5.99. The second-order valence-electron chi connectivity index (χ2n) is 4.43. The van der Waals surface area contributed by atoms with Gasteiger partial charge in [-0.25, -0.2) is 0 Å². The van der Waals surface area contributed by atoms with Crippen molar-refractivity contribution in [2.75, 3.05) is 32.2 Å². The molecule has 6 nitrogen and oxygen atoms in total. The molecule has 0 aliphatic carbocycles. The van der Waals surface area contributed by atoms with E-state index in [0.29, 0.717) is 0 Å². The highest BCUT2D eigenvalue weighted by Crippen LogP contribution is 2.10. The summed E-state index contributed by atoms with van der Waals surface area (Å²) in [7, 11) is 1.81. The molecule has 0 atom stereocenters. The summed E-state index contributed by atoms with van der Waals surface area (Å²) in [6.07, 6.45) is 0.117. The van der Waals surface area contributed by atoms with Crippen LogP contribution < -0.4 is 10.6 Å². The van der Waals surface area contributed by atoms with E-state index in [1.165, 1.54) is 0 Å². The topological polar surface area (TPSA) is 102 Å². The van der Waals surface area contributed by atoms with Gasteiger partial charge in [0, 0.05) is 12.7 Å². The maximum atomic E-state index is 11.8. The third-order valence-corrected chi connectivity index (χ3v) is 2.92. The smallest absolute Gasteiger partial charge is 0.225 e. The van der Waals surface area contributed by atoms with Gasteiger partial charge in [0.2, 0.25) is 5.91 Å². The summed E-state index contributed by atoms with van der Waals surface area (Å²) >= 11 is 0. The lowest BCUT2D eigenvalue weighted by Crippen LogP contribution is -2.57. The fourth-order valence-electron chi connectivity index (χ4n) is 1.58. The lowest BCUT2D eigenvalue weighted by atomic mass is 10.0. The molecule has 0 bridgehead atoms. The molecule has 1 aromatic carbocycles. The van der Waals surface area contributed by atoms with E-state index in [4.69, 9.17) is 15.3 Å². The van der Waals surface area contributed by atoms with Gasteiger partial charge >= 0.3 is 0 Å². The van der Waals surface area contributed by atoms with Gasteiger partial charge in [-0.05, 0) is 17.7 Å². The van der Waals surface area contributed by atoms with Crippen molar-refractivity contribution in [1.82, 2.24) is 5.32 Å². The molecule has 0 fully saturated rings. The number of rotatable bonds is 7. The van der Waals surface area contributed by atoms with Crippen LogP contribution in [0.3, 0.4) is 0 Å². The highest BCUT2D eigenvalue weighted by Gasteiger charge is 2.29. The first-order chi connectivity index (χ1) is 9.09. The number of anilines is 1. The summed E-state index contributed by atoms with van der Waals surface area (Å²) in [5, 5.41) is 32.8. The minimum atomic E-state index is -1.37. The van der Waals surface area contributed by atoms with Crippen LogP contribution in [0, 0.1) is 0 Å². The summed E-state index contributed by atoms with van der Waals surface area (Å²) in [5.74, 6) is -0.366. The van der Waals surface area contributed by atoms with E-state index < -0.39 is 25.4 Å². The van der Waals surface area contributed by atoms with Crippen molar-refractivity contribution in [2.45, 2.75) is 12.0 Å². The Kier molecular flexibility index (Phi) is 5.75. The van der Waals surface area contributed by atoms with Gasteiger partial charge in [0.15, 0.2) is 0 Å². The van der Waals surface area contributed by atoms with Crippen molar-refractivity contribution in [3.63, 3.8) is 0 Å². The molecule has 0 aromatic heterocycles. The van der Waals surface area contributed by atoms with E-state index in [1.54, 1.807) is 7.05 Å². The Balaban J connectivity index is 2.63. The summed E-state index contributed by atoms with van der Waals surface area (Å²) in [6, 6.07) is 7.31. The number of aliphatic hydroxyl groups is 3. The van der Waals surface area contributed by atoms with E-state index in [2.05, 4.69) is 10.6 Å². The number of hydrogen-bond acceptors (Lipinski definition) is 5. The van der Waals surface area contributed by atoms with Crippen LogP contribution in [-0.2, 0) is 11.2 Å². The standard InChI is InChI=1S/C13H20N2O4/c1-14-11-4-2-10(3-5-11)6-12(19)15-13(7-16,8-17)9-18/h2-5,14,16-18H,6-9H2,1H3,(H,15,19). The molecule has 0 aliphatic heterocycles. The number of aliphatic hydroxyl groups excluding tert-OH is 3. The summed E-state index contributed by atoms with van der Waals surface area (Å²) in [6.45, 7) is -1.57. The van der Waals surface area contributed by atoms with Crippen molar-refractivity contribution >= 4 is 11.6 Å². The Labute approximate surface area is 112 Å². The van der Waals surface area contributed by atoms with Crippen molar-refractivity contribution in [3.8, 4) is 0 Å². The van der Waals surface area contributed by atoms with Gasteiger partial charge < -0.3 is 26.0 Å². The van der Waals surface area contributed by atoms with Crippen LogP contribution >= 0.6 is 0 Å².